The second-order valence-electron chi connectivity index (χ2n) is 3.39. The molecule has 0 unspecified atom stereocenters. The molecule has 0 saturated heterocycles. The average molecular weight is 214 g/mol. The van der Waals surface area contributed by atoms with Gasteiger partial charge in [-0.15, -0.1) is 0 Å². The molecule has 2 aromatic rings. The summed E-state index contributed by atoms with van der Waals surface area (Å²) in [5.41, 5.74) is 1.12. The highest BCUT2D eigenvalue weighted by atomic mass is 32.2. The quantitative estimate of drug-likeness (QED) is 0.676. The van der Waals surface area contributed by atoms with Crippen LogP contribution in [0.4, 0.5) is 0 Å². The zero-order valence-corrected chi connectivity index (χ0v) is 8.51. The van der Waals surface area contributed by atoms with E-state index in [0.29, 0.717) is 11.1 Å². The van der Waals surface area contributed by atoms with Gasteiger partial charge in [-0.3, -0.25) is 9.59 Å². The zero-order chi connectivity index (χ0) is 10.4. The molecule has 0 radical (unpaired) electrons. The van der Waals surface area contributed by atoms with E-state index in [4.69, 9.17) is 0 Å². The van der Waals surface area contributed by atoms with Crippen LogP contribution in [0.1, 0.15) is 20.7 Å². The molecule has 0 spiro atoms. The number of benzene rings is 2. The van der Waals surface area contributed by atoms with Crippen LogP contribution in [0.25, 0.3) is 10.8 Å². The normalized spacial score (nSPS) is 14.7. The Balaban J connectivity index is 2.49. The van der Waals surface area contributed by atoms with Crippen LogP contribution >= 0.6 is 11.8 Å². The van der Waals surface area contributed by atoms with E-state index in [1.165, 1.54) is 0 Å². The minimum absolute atomic E-state index is 0.133. The van der Waals surface area contributed by atoms with Gasteiger partial charge in [-0.25, -0.2) is 0 Å². The zero-order valence-electron chi connectivity index (χ0n) is 7.69. The molecule has 2 nitrogen and oxygen atoms in total. The highest BCUT2D eigenvalue weighted by molar-refractivity contribution is 8.27. The Morgan fingerprint density at radius 2 is 1.67 bits per heavy atom. The van der Waals surface area contributed by atoms with Crippen molar-refractivity contribution in [2.24, 2.45) is 0 Å². The van der Waals surface area contributed by atoms with E-state index in [1.54, 1.807) is 6.07 Å². The van der Waals surface area contributed by atoms with Crippen LogP contribution < -0.4 is 0 Å². The summed E-state index contributed by atoms with van der Waals surface area (Å²) in [7, 11) is 0. The highest BCUT2D eigenvalue weighted by Gasteiger charge is 2.29. The molecular weight excluding hydrogens is 208 g/mol. The summed E-state index contributed by atoms with van der Waals surface area (Å²) in [6.07, 6.45) is 0. The first-order valence-corrected chi connectivity index (χ1v) is 5.37. The number of hydrogen-bond donors (Lipinski definition) is 0. The van der Waals surface area contributed by atoms with Gasteiger partial charge >= 0.3 is 0 Å². The highest BCUT2D eigenvalue weighted by Crippen LogP contribution is 2.34. The Labute approximate surface area is 90.3 Å². The fraction of sp³-hybridized carbons (Fsp3) is 0. The van der Waals surface area contributed by atoms with Crippen LogP contribution in [0.15, 0.2) is 36.4 Å². The van der Waals surface area contributed by atoms with Gasteiger partial charge in [-0.05, 0) is 28.6 Å². The van der Waals surface area contributed by atoms with Crippen molar-refractivity contribution in [3.63, 3.8) is 0 Å². The predicted molar refractivity (Wildman–Crippen MR) is 60.2 cm³/mol. The van der Waals surface area contributed by atoms with Crippen LogP contribution in [-0.2, 0) is 0 Å². The van der Waals surface area contributed by atoms with Crippen LogP contribution in [0, 0.1) is 0 Å². The van der Waals surface area contributed by atoms with Crippen molar-refractivity contribution >= 4 is 32.8 Å². The molecule has 0 bridgehead atoms. The third-order valence-corrected chi connectivity index (χ3v) is 3.33. The molecular formula is C12H6O2S. The minimum Gasteiger partial charge on any atom is -0.281 e. The summed E-state index contributed by atoms with van der Waals surface area (Å²) in [4.78, 5) is 23.1. The number of hydrogen-bond acceptors (Lipinski definition) is 3. The molecule has 0 amide bonds. The van der Waals surface area contributed by atoms with Crippen molar-refractivity contribution in [3.8, 4) is 0 Å². The van der Waals surface area contributed by atoms with Gasteiger partial charge < -0.3 is 0 Å². The number of carbonyl (C=O) groups excluding carboxylic acids is 2. The van der Waals surface area contributed by atoms with Crippen molar-refractivity contribution < 1.29 is 9.59 Å². The maximum atomic E-state index is 11.6. The molecule has 0 fully saturated rings. The Hall–Kier alpha value is -1.61. The van der Waals surface area contributed by atoms with Gasteiger partial charge in [0.1, 0.15) is 0 Å². The summed E-state index contributed by atoms with van der Waals surface area (Å²) in [5.74, 6) is 0. The first-order valence-electron chi connectivity index (χ1n) is 4.55. The van der Waals surface area contributed by atoms with Crippen molar-refractivity contribution in [1.29, 1.82) is 0 Å². The molecule has 2 aromatic carbocycles. The summed E-state index contributed by atoms with van der Waals surface area (Å²) in [6.45, 7) is 0. The fourth-order valence-corrected chi connectivity index (χ4v) is 2.62. The van der Waals surface area contributed by atoms with Gasteiger partial charge in [0.25, 0.3) is 0 Å². The third kappa shape index (κ3) is 1.13. The lowest BCUT2D eigenvalue weighted by Crippen LogP contribution is -1.91. The molecule has 0 saturated carbocycles. The Bertz CT molecular complexity index is 602. The Kier molecular flexibility index (Phi) is 1.70. The molecule has 1 aliphatic heterocycles. The maximum Gasteiger partial charge on any atom is 0.228 e. The third-order valence-electron chi connectivity index (χ3n) is 2.54. The topological polar surface area (TPSA) is 34.1 Å². The van der Waals surface area contributed by atoms with E-state index in [-0.39, 0.29) is 10.2 Å². The summed E-state index contributed by atoms with van der Waals surface area (Å²) in [6, 6.07) is 11.2. The largest absolute Gasteiger partial charge is 0.281 e. The second kappa shape index (κ2) is 2.94. The molecule has 0 aromatic heterocycles. The molecule has 1 aliphatic rings. The Morgan fingerprint density at radius 1 is 0.867 bits per heavy atom. The van der Waals surface area contributed by atoms with Crippen molar-refractivity contribution in [1.82, 2.24) is 0 Å². The SMILES string of the molecule is O=C1SC(=O)c2c1ccc1ccccc21. The lowest BCUT2D eigenvalue weighted by atomic mass is 10.0. The lowest BCUT2D eigenvalue weighted by molar-refractivity contribution is 0.108. The molecule has 0 aliphatic carbocycles. The monoisotopic (exact) mass is 214 g/mol. The van der Waals surface area contributed by atoms with E-state index in [2.05, 4.69) is 0 Å². The molecule has 1 heterocycles. The van der Waals surface area contributed by atoms with Crippen LogP contribution in [0.3, 0.4) is 0 Å². The van der Waals surface area contributed by atoms with Crippen molar-refractivity contribution in [2.75, 3.05) is 0 Å². The van der Waals surface area contributed by atoms with Crippen molar-refractivity contribution in [3.05, 3.63) is 47.5 Å². The average Bonchev–Trinajstić information content (AvgIpc) is 2.55. The van der Waals surface area contributed by atoms with Gasteiger partial charge in [-0.1, -0.05) is 30.3 Å². The minimum atomic E-state index is -0.138. The van der Waals surface area contributed by atoms with E-state index < -0.39 is 0 Å². The standard InChI is InChI=1S/C12H6O2S/c13-11-9-6-5-7-3-1-2-4-8(7)10(9)12(14)15-11/h1-6H. The van der Waals surface area contributed by atoms with Gasteiger partial charge in [0.2, 0.25) is 10.2 Å². The predicted octanol–water partition coefficient (Wildman–Crippen LogP) is 2.87. The molecule has 3 rings (SSSR count). The van der Waals surface area contributed by atoms with E-state index in [1.807, 2.05) is 30.3 Å². The fourth-order valence-electron chi connectivity index (χ4n) is 1.85. The maximum absolute atomic E-state index is 11.6. The van der Waals surface area contributed by atoms with Gasteiger partial charge in [0.05, 0.1) is 0 Å². The van der Waals surface area contributed by atoms with Gasteiger partial charge in [0.15, 0.2) is 0 Å². The molecule has 0 atom stereocenters. The van der Waals surface area contributed by atoms with Gasteiger partial charge in [0, 0.05) is 11.1 Å². The number of fused-ring (bicyclic) bond motifs is 3. The summed E-state index contributed by atoms with van der Waals surface area (Å²) in [5, 5.41) is 1.60. The first kappa shape index (κ1) is 8.68. The smallest absolute Gasteiger partial charge is 0.228 e. The molecule has 0 N–H and O–H groups in total. The number of rotatable bonds is 0. The molecule has 3 heteroatoms. The van der Waals surface area contributed by atoms with E-state index in [0.717, 1.165) is 22.5 Å². The van der Waals surface area contributed by atoms with Crippen LogP contribution in [-0.4, -0.2) is 10.2 Å². The Morgan fingerprint density at radius 3 is 2.53 bits per heavy atom. The van der Waals surface area contributed by atoms with Crippen LogP contribution in [0.5, 0.6) is 0 Å². The molecule has 15 heavy (non-hydrogen) atoms. The van der Waals surface area contributed by atoms with E-state index >= 15 is 0 Å². The van der Waals surface area contributed by atoms with Crippen LogP contribution in [0.2, 0.25) is 0 Å². The summed E-state index contributed by atoms with van der Waals surface area (Å²) >= 11 is 0.786. The van der Waals surface area contributed by atoms with E-state index in [9.17, 15) is 9.59 Å². The molecule has 72 valence electrons. The summed E-state index contributed by atoms with van der Waals surface area (Å²) < 4.78 is 0. The second-order valence-corrected chi connectivity index (χ2v) is 4.33. The van der Waals surface area contributed by atoms with Gasteiger partial charge in [-0.2, -0.15) is 0 Å². The van der Waals surface area contributed by atoms with Crippen molar-refractivity contribution in [2.45, 2.75) is 0 Å². The number of thioether (sulfide) groups is 1. The number of carbonyl (C=O) groups is 2. The first-order chi connectivity index (χ1) is 7.27. The lowest BCUT2D eigenvalue weighted by Gasteiger charge is -2.01.